The second kappa shape index (κ2) is 9.65. The van der Waals surface area contributed by atoms with E-state index in [0.717, 1.165) is 0 Å². The van der Waals surface area contributed by atoms with Crippen LogP contribution in [0, 0.1) is 0 Å². The number of carboxylic acids is 1. The number of aromatic nitrogens is 2. The van der Waals surface area contributed by atoms with Gasteiger partial charge in [0.1, 0.15) is 6.04 Å². The molecular formula is C19H28ClN5O5. The summed E-state index contributed by atoms with van der Waals surface area (Å²) in [5.74, 6) is -1.21. The molecule has 3 rings (SSSR count). The van der Waals surface area contributed by atoms with Gasteiger partial charge in [-0.3, -0.25) is 4.79 Å². The van der Waals surface area contributed by atoms with E-state index >= 15 is 0 Å². The number of rotatable bonds is 6. The number of likely N-dealkylation sites (tertiary alicyclic amines) is 2. The topological polar surface area (TPSA) is 128 Å². The lowest BCUT2D eigenvalue weighted by atomic mass is 10.0. The summed E-state index contributed by atoms with van der Waals surface area (Å²) in [5.41, 5.74) is 0.696. The van der Waals surface area contributed by atoms with Crippen LogP contribution in [-0.2, 0) is 16.0 Å². The van der Waals surface area contributed by atoms with Gasteiger partial charge in [-0.25, -0.2) is 14.6 Å². The molecule has 0 saturated carbocycles. The van der Waals surface area contributed by atoms with Crippen LogP contribution in [0.4, 0.5) is 4.79 Å². The van der Waals surface area contributed by atoms with Crippen LogP contribution in [0.25, 0.3) is 0 Å². The number of urea groups is 1. The van der Waals surface area contributed by atoms with Gasteiger partial charge in [0.25, 0.3) is 5.91 Å². The van der Waals surface area contributed by atoms with Crippen molar-refractivity contribution < 1.29 is 24.2 Å². The fraction of sp³-hybridized carbons (Fsp3) is 0.684. The van der Waals surface area contributed by atoms with E-state index in [-0.39, 0.29) is 35.5 Å². The van der Waals surface area contributed by atoms with E-state index in [2.05, 4.69) is 15.3 Å². The van der Waals surface area contributed by atoms with Crippen molar-refractivity contribution in [1.29, 1.82) is 0 Å². The summed E-state index contributed by atoms with van der Waals surface area (Å²) in [7, 11) is 0. The lowest BCUT2D eigenvalue weighted by Crippen LogP contribution is -2.59. The number of piperidine rings is 1. The Morgan fingerprint density at radius 2 is 2.07 bits per heavy atom. The number of H-pyrrole nitrogens is 1. The van der Waals surface area contributed by atoms with E-state index in [0.29, 0.717) is 51.1 Å². The number of nitrogens with zero attached hydrogens (tertiary/aromatic N) is 3. The molecule has 30 heavy (non-hydrogen) atoms. The molecule has 2 aliphatic rings. The molecule has 2 fully saturated rings. The number of carbonyl (C=O) groups is 3. The van der Waals surface area contributed by atoms with Crippen LogP contribution in [0.15, 0.2) is 0 Å². The first kappa shape index (κ1) is 22.4. The minimum atomic E-state index is -0.979. The van der Waals surface area contributed by atoms with Crippen molar-refractivity contribution in [2.45, 2.75) is 57.7 Å². The van der Waals surface area contributed by atoms with Crippen LogP contribution in [-0.4, -0.2) is 87.2 Å². The summed E-state index contributed by atoms with van der Waals surface area (Å²) >= 11 is 6.02. The molecule has 3 N–H and O–H groups in total. The number of hydrogen-bond donors (Lipinski definition) is 3. The molecule has 166 valence electrons. The number of aromatic amines is 1. The van der Waals surface area contributed by atoms with E-state index in [1.54, 1.807) is 4.90 Å². The Morgan fingerprint density at radius 1 is 1.30 bits per heavy atom. The van der Waals surface area contributed by atoms with E-state index in [1.165, 1.54) is 4.90 Å². The van der Waals surface area contributed by atoms with Gasteiger partial charge in [0.05, 0.1) is 24.4 Å². The minimum absolute atomic E-state index is 0.145. The van der Waals surface area contributed by atoms with E-state index in [4.69, 9.17) is 16.3 Å². The second-order valence-electron chi connectivity index (χ2n) is 7.49. The molecule has 0 spiro atoms. The third kappa shape index (κ3) is 4.70. The molecule has 0 aliphatic carbocycles. The maximum absolute atomic E-state index is 12.9. The fourth-order valence-electron chi connectivity index (χ4n) is 4.04. The Kier molecular flexibility index (Phi) is 7.19. The standard InChI is InChI=1S/C19H28ClN5O5/c1-3-11-15(20)23-16(21-11)17(26)22-12-7-9-24(10-14(12)30-4-2)19(29)25-8-5-6-13(25)18(27)28/h12-14H,3-10H2,1-2H3,(H,21,23)(H,22,26)(H,27,28)/t12-,13+,14+/m1/s1. The Balaban J connectivity index is 1.65. The van der Waals surface area contributed by atoms with Gasteiger partial charge >= 0.3 is 12.0 Å². The number of aliphatic carboxylic acids is 1. The Morgan fingerprint density at radius 3 is 2.70 bits per heavy atom. The van der Waals surface area contributed by atoms with Gasteiger partial charge in [-0.1, -0.05) is 18.5 Å². The lowest BCUT2D eigenvalue weighted by Gasteiger charge is -2.40. The van der Waals surface area contributed by atoms with Gasteiger partial charge in [0.15, 0.2) is 11.0 Å². The predicted molar refractivity (Wildman–Crippen MR) is 109 cm³/mol. The van der Waals surface area contributed by atoms with E-state index < -0.39 is 18.1 Å². The molecule has 0 bridgehead atoms. The van der Waals surface area contributed by atoms with Crippen molar-refractivity contribution in [2.75, 3.05) is 26.2 Å². The molecular weight excluding hydrogens is 414 g/mol. The van der Waals surface area contributed by atoms with Gasteiger partial charge in [-0.2, -0.15) is 0 Å². The van der Waals surface area contributed by atoms with Crippen molar-refractivity contribution in [1.82, 2.24) is 25.1 Å². The molecule has 1 aromatic heterocycles. The third-order valence-corrected chi connectivity index (χ3v) is 5.92. The average molecular weight is 442 g/mol. The van der Waals surface area contributed by atoms with Gasteiger partial charge in [-0.05, 0) is 32.6 Å². The highest BCUT2D eigenvalue weighted by molar-refractivity contribution is 6.30. The molecule has 2 aliphatic heterocycles. The molecule has 3 amide bonds. The van der Waals surface area contributed by atoms with Crippen LogP contribution >= 0.6 is 11.6 Å². The number of hydrogen-bond acceptors (Lipinski definition) is 5. The summed E-state index contributed by atoms with van der Waals surface area (Å²) in [4.78, 5) is 47.0. The second-order valence-corrected chi connectivity index (χ2v) is 7.85. The fourth-order valence-corrected chi connectivity index (χ4v) is 4.30. The molecule has 1 aromatic rings. The number of imidazole rings is 1. The van der Waals surface area contributed by atoms with Gasteiger partial charge in [-0.15, -0.1) is 0 Å². The molecule has 0 unspecified atom stereocenters. The van der Waals surface area contributed by atoms with Crippen molar-refractivity contribution in [3.63, 3.8) is 0 Å². The monoisotopic (exact) mass is 441 g/mol. The molecule has 11 heteroatoms. The Bertz CT molecular complexity index is 800. The van der Waals surface area contributed by atoms with Crippen LogP contribution in [0.3, 0.4) is 0 Å². The quantitative estimate of drug-likeness (QED) is 0.613. The van der Waals surface area contributed by atoms with E-state index in [9.17, 15) is 19.5 Å². The Labute approximate surface area is 179 Å². The number of carboxylic acid groups (broad SMARTS) is 1. The largest absolute Gasteiger partial charge is 0.480 e. The first-order valence-corrected chi connectivity index (χ1v) is 10.7. The third-order valence-electron chi connectivity index (χ3n) is 5.61. The van der Waals surface area contributed by atoms with Crippen LogP contribution in [0.2, 0.25) is 5.15 Å². The minimum Gasteiger partial charge on any atom is -0.480 e. The maximum atomic E-state index is 12.9. The first-order valence-electron chi connectivity index (χ1n) is 10.3. The van der Waals surface area contributed by atoms with Crippen molar-refractivity contribution in [2.24, 2.45) is 0 Å². The number of nitrogens with one attached hydrogen (secondary N) is 2. The molecule has 2 saturated heterocycles. The molecule has 3 atom stereocenters. The Hall–Kier alpha value is -2.33. The highest BCUT2D eigenvalue weighted by Gasteiger charge is 2.40. The first-order chi connectivity index (χ1) is 14.3. The number of amides is 3. The van der Waals surface area contributed by atoms with E-state index in [1.807, 2.05) is 13.8 Å². The zero-order chi connectivity index (χ0) is 21.8. The summed E-state index contributed by atoms with van der Waals surface area (Å²) in [6.45, 7) is 5.29. The summed E-state index contributed by atoms with van der Waals surface area (Å²) in [6.07, 6.45) is 1.86. The molecule has 3 heterocycles. The van der Waals surface area contributed by atoms with Crippen LogP contribution in [0.1, 0.15) is 49.4 Å². The number of carbonyl (C=O) groups excluding carboxylic acids is 2. The summed E-state index contributed by atoms with van der Waals surface area (Å²) < 4.78 is 5.80. The summed E-state index contributed by atoms with van der Waals surface area (Å²) in [6, 6.07) is -1.37. The zero-order valence-electron chi connectivity index (χ0n) is 17.2. The van der Waals surface area contributed by atoms with Crippen molar-refractivity contribution in [3.05, 3.63) is 16.7 Å². The van der Waals surface area contributed by atoms with Gasteiger partial charge in [0.2, 0.25) is 0 Å². The van der Waals surface area contributed by atoms with Crippen molar-refractivity contribution >= 4 is 29.5 Å². The molecule has 0 radical (unpaired) electrons. The molecule has 10 nitrogen and oxygen atoms in total. The average Bonchev–Trinajstić information content (AvgIpc) is 3.35. The normalized spacial score (nSPS) is 24.2. The zero-order valence-corrected chi connectivity index (χ0v) is 17.9. The van der Waals surface area contributed by atoms with Gasteiger partial charge in [0, 0.05) is 19.7 Å². The van der Waals surface area contributed by atoms with Gasteiger partial charge < -0.3 is 29.9 Å². The highest BCUT2D eigenvalue weighted by Crippen LogP contribution is 2.23. The smallest absolute Gasteiger partial charge is 0.326 e. The summed E-state index contributed by atoms with van der Waals surface area (Å²) in [5, 5.41) is 12.6. The number of aryl methyl sites for hydroxylation is 1. The lowest BCUT2D eigenvalue weighted by molar-refractivity contribution is -0.141. The van der Waals surface area contributed by atoms with Crippen LogP contribution < -0.4 is 5.32 Å². The highest BCUT2D eigenvalue weighted by atomic mass is 35.5. The molecule has 0 aromatic carbocycles. The maximum Gasteiger partial charge on any atom is 0.326 e. The van der Waals surface area contributed by atoms with Crippen LogP contribution in [0.5, 0.6) is 0 Å². The predicted octanol–water partition coefficient (Wildman–Crippen LogP) is 1.50. The number of halogens is 1. The van der Waals surface area contributed by atoms with Crippen molar-refractivity contribution in [3.8, 4) is 0 Å². The SMILES string of the molecule is CCO[C@H]1CN(C(=O)N2CCC[C@H]2C(=O)O)CC[C@H]1NC(=O)c1nc(Cl)c(CC)[nH]1. The number of ether oxygens (including phenoxy) is 1.